The van der Waals surface area contributed by atoms with E-state index in [9.17, 15) is 18.0 Å². The predicted octanol–water partition coefficient (Wildman–Crippen LogP) is 1.44. The molecule has 1 saturated heterocycles. The maximum atomic E-state index is 12.9. The summed E-state index contributed by atoms with van der Waals surface area (Å²) in [5.41, 5.74) is 1.11. The average Bonchev–Trinajstić information content (AvgIpc) is 3.05. The lowest BCUT2D eigenvalue weighted by Crippen LogP contribution is -2.50. The predicted molar refractivity (Wildman–Crippen MR) is 110 cm³/mol. The largest absolute Gasteiger partial charge is 0.450 e. The third-order valence-corrected chi connectivity index (χ3v) is 6.68. The Morgan fingerprint density at radius 2 is 1.77 bits per heavy atom. The van der Waals surface area contributed by atoms with Crippen molar-refractivity contribution in [3.8, 4) is 0 Å². The number of hydrogen-bond acceptors (Lipinski definition) is 6. The summed E-state index contributed by atoms with van der Waals surface area (Å²) in [5.74, 6) is 0.193. The van der Waals surface area contributed by atoms with Gasteiger partial charge in [-0.05, 0) is 38.1 Å². The van der Waals surface area contributed by atoms with Crippen LogP contribution in [0.25, 0.3) is 0 Å². The van der Waals surface area contributed by atoms with Gasteiger partial charge >= 0.3 is 6.09 Å². The van der Waals surface area contributed by atoms with Crippen LogP contribution in [0.2, 0.25) is 0 Å². The summed E-state index contributed by atoms with van der Waals surface area (Å²) in [7, 11) is -2.00. The van der Waals surface area contributed by atoms with Crippen LogP contribution in [0.15, 0.2) is 35.2 Å². The zero-order chi connectivity index (χ0) is 21.9. The number of hydrogen-bond donors (Lipinski definition) is 1. The van der Waals surface area contributed by atoms with Gasteiger partial charge in [-0.2, -0.15) is 9.40 Å². The van der Waals surface area contributed by atoms with Crippen LogP contribution >= 0.6 is 0 Å². The molecule has 10 nitrogen and oxygen atoms in total. The third kappa shape index (κ3) is 4.62. The van der Waals surface area contributed by atoms with E-state index >= 15 is 0 Å². The highest BCUT2D eigenvalue weighted by atomic mass is 32.2. The first-order chi connectivity index (χ1) is 14.2. The Balaban J connectivity index is 1.65. The summed E-state index contributed by atoms with van der Waals surface area (Å²) < 4.78 is 33.6. The second-order valence-electron chi connectivity index (χ2n) is 6.86. The molecular formula is C19H25N5O5S. The van der Waals surface area contributed by atoms with Crippen molar-refractivity contribution in [3.63, 3.8) is 0 Å². The number of carbonyl (C=O) groups is 2. The van der Waals surface area contributed by atoms with E-state index in [1.165, 1.54) is 33.5 Å². The first-order valence-electron chi connectivity index (χ1n) is 9.56. The molecule has 11 heteroatoms. The van der Waals surface area contributed by atoms with Crippen LogP contribution in [-0.4, -0.2) is 72.2 Å². The molecule has 2 amide bonds. The van der Waals surface area contributed by atoms with Crippen molar-refractivity contribution in [2.75, 3.05) is 38.1 Å². The monoisotopic (exact) mass is 435 g/mol. The molecule has 1 aromatic heterocycles. The molecule has 0 atom stereocenters. The van der Waals surface area contributed by atoms with Crippen molar-refractivity contribution in [1.82, 2.24) is 19.0 Å². The van der Waals surface area contributed by atoms with Gasteiger partial charge < -0.3 is 15.0 Å². The summed E-state index contributed by atoms with van der Waals surface area (Å²) >= 11 is 0. The van der Waals surface area contributed by atoms with Gasteiger partial charge in [0.25, 0.3) is 5.91 Å². The molecule has 1 aromatic carbocycles. The number of aryl methyl sites for hydroxylation is 2. The van der Waals surface area contributed by atoms with Crippen molar-refractivity contribution in [2.45, 2.75) is 18.7 Å². The summed E-state index contributed by atoms with van der Waals surface area (Å²) in [6.45, 7) is 4.72. The summed E-state index contributed by atoms with van der Waals surface area (Å²) in [4.78, 5) is 25.8. The molecule has 30 heavy (non-hydrogen) atoms. The number of aromatic nitrogens is 2. The molecule has 0 spiro atoms. The van der Waals surface area contributed by atoms with E-state index in [4.69, 9.17) is 4.74 Å². The van der Waals surface area contributed by atoms with Crippen LogP contribution in [0.3, 0.4) is 0 Å². The Bertz CT molecular complexity index is 1020. The van der Waals surface area contributed by atoms with Crippen molar-refractivity contribution in [2.24, 2.45) is 7.05 Å². The van der Waals surface area contributed by atoms with E-state index < -0.39 is 16.1 Å². The minimum Gasteiger partial charge on any atom is -0.450 e. The maximum Gasteiger partial charge on any atom is 0.409 e. The van der Waals surface area contributed by atoms with Crippen LogP contribution in [0, 0.1) is 6.92 Å². The molecule has 0 unspecified atom stereocenters. The first kappa shape index (κ1) is 21.8. The Kier molecular flexibility index (Phi) is 6.42. The van der Waals surface area contributed by atoms with Gasteiger partial charge in [0.1, 0.15) is 5.82 Å². The lowest BCUT2D eigenvalue weighted by atomic mass is 10.2. The van der Waals surface area contributed by atoms with Crippen LogP contribution in [0.4, 0.5) is 10.6 Å². The van der Waals surface area contributed by atoms with E-state index in [0.717, 1.165) is 5.69 Å². The molecule has 0 aliphatic carbocycles. The smallest absolute Gasteiger partial charge is 0.409 e. The van der Waals surface area contributed by atoms with Gasteiger partial charge in [-0.25, -0.2) is 13.2 Å². The number of sulfonamides is 1. The quantitative estimate of drug-likeness (QED) is 0.760. The fraction of sp³-hybridized carbons (Fsp3) is 0.421. The number of rotatable bonds is 5. The van der Waals surface area contributed by atoms with E-state index in [0.29, 0.717) is 11.4 Å². The molecule has 1 fully saturated rings. The molecule has 1 aliphatic heterocycles. The third-order valence-electron chi connectivity index (χ3n) is 4.76. The fourth-order valence-electron chi connectivity index (χ4n) is 3.17. The van der Waals surface area contributed by atoms with Crippen LogP contribution in [0.5, 0.6) is 0 Å². The SMILES string of the molecule is CCOC(=O)N1CCN(S(=O)(=O)c2ccc(C(=O)Nc3cc(C)nn3C)cc2)CC1. The number of amides is 2. The van der Waals surface area contributed by atoms with Crippen molar-refractivity contribution < 1.29 is 22.7 Å². The number of piperazine rings is 1. The lowest BCUT2D eigenvalue weighted by Gasteiger charge is -2.33. The lowest BCUT2D eigenvalue weighted by molar-refractivity contribution is 0.0933. The molecule has 3 rings (SSSR count). The van der Waals surface area contributed by atoms with E-state index in [1.54, 1.807) is 24.7 Å². The van der Waals surface area contributed by atoms with Crippen molar-refractivity contribution in [3.05, 3.63) is 41.6 Å². The normalized spacial score (nSPS) is 15.1. The summed E-state index contributed by atoms with van der Waals surface area (Å²) in [6, 6.07) is 7.51. The van der Waals surface area contributed by atoms with Gasteiger partial charge in [0.05, 0.1) is 17.2 Å². The van der Waals surface area contributed by atoms with Crippen LogP contribution in [0.1, 0.15) is 23.0 Å². The van der Waals surface area contributed by atoms with Gasteiger partial charge in [-0.3, -0.25) is 9.48 Å². The van der Waals surface area contributed by atoms with Crippen molar-refractivity contribution >= 4 is 27.8 Å². The zero-order valence-corrected chi connectivity index (χ0v) is 18.0. The molecule has 2 aromatic rings. The zero-order valence-electron chi connectivity index (χ0n) is 17.2. The standard InChI is InChI=1S/C19H25N5O5S/c1-4-29-19(26)23-9-11-24(12-10-23)30(27,28)16-7-5-15(6-8-16)18(25)20-17-13-14(2)21-22(17)3/h5-8,13H,4,9-12H2,1-3H3,(H,20,25). The van der Waals surface area contributed by atoms with Crippen LogP contribution in [-0.2, 0) is 21.8 Å². The molecule has 0 bridgehead atoms. The van der Waals surface area contributed by atoms with Gasteiger partial charge in [-0.1, -0.05) is 0 Å². The molecule has 2 heterocycles. The molecular weight excluding hydrogens is 410 g/mol. The van der Waals surface area contributed by atoms with Gasteiger partial charge in [0.15, 0.2) is 0 Å². The summed E-state index contributed by atoms with van der Waals surface area (Å²) in [5, 5.41) is 6.91. The number of carbonyl (C=O) groups excluding carboxylic acids is 2. The van der Waals surface area contributed by atoms with E-state index in [2.05, 4.69) is 10.4 Å². The number of nitrogens with zero attached hydrogens (tertiary/aromatic N) is 4. The fourth-order valence-corrected chi connectivity index (χ4v) is 4.59. The number of ether oxygens (including phenoxy) is 1. The van der Waals surface area contributed by atoms with Crippen molar-refractivity contribution in [1.29, 1.82) is 0 Å². The van der Waals surface area contributed by atoms with Gasteiger partial charge in [0, 0.05) is 44.9 Å². The number of nitrogens with one attached hydrogen (secondary N) is 1. The summed E-state index contributed by atoms with van der Waals surface area (Å²) in [6.07, 6.45) is -0.437. The van der Waals surface area contributed by atoms with E-state index in [-0.39, 0.29) is 43.6 Å². The Morgan fingerprint density at radius 1 is 1.13 bits per heavy atom. The molecule has 1 aliphatic rings. The van der Waals surface area contributed by atoms with Gasteiger partial charge in [0.2, 0.25) is 10.0 Å². The second kappa shape index (κ2) is 8.84. The molecule has 0 radical (unpaired) electrons. The van der Waals surface area contributed by atoms with Crippen LogP contribution < -0.4 is 5.32 Å². The Labute approximate surface area is 175 Å². The molecule has 0 saturated carbocycles. The highest BCUT2D eigenvalue weighted by molar-refractivity contribution is 7.89. The minimum atomic E-state index is -3.72. The molecule has 1 N–H and O–H groups in total. The maximum absolute atomic E-state index is 12.9. The molecule has 162 valence electrons. The highest BCUT2D eigenvalue weighted by Gasteiger charge is 2.30. The number of benzene rings is 1. The average molecular weight is 436 g/mol. The minimum absolute atomic E-state index is 0.0972. The second-order valence-corrected chi connectivity index (χ2v) is 8.80. The Morgan fingerprint density at radius 3 is 2.30 bits per heavy atom. The van der Waals surface area contributed by atoms with E-state index in [1.807, 2.05) is 6.92 Å². The Hall–Kier alpha value is -2.92. The topological polar surface area (TPSA) is 114 Å². The van der Waals surface area contributed by atoms with Gasteiger partial charge in [-0.15, -0.1) is 0 Å². The highest BCUT2D eigenvalue weighted by Crippen LogP contribution is 2.19. The number of anilines is 1. The first-order valence-corrected chi connectivity index (χ1v) is 11.0.